The minimum atomic E-state index is 0.706. The molecule has 0 heterocycles. The molecule has 0 amide bonds. The van der Waals surface area contributed by atoms with Crippen molar-refractivity contribution < 1.29 is 9.47 Å². The summed E-state index contributed by atoms with van der Waals surface area (Å²) in [5.74, 6) is 1.69. The Hall–Kier alpha value is -1.42. The number of methoxy groups -OCH3 is 2. The van der Waals surface area contributed by atoms with Crippen LogP contribution in [0.2, 0.25) is 0 Å². The summed E-state index contributed by atoms with van der Waals surface area (Å²) in [7, 11) is 3.36. The van der Waals surface area contributed by atoms with Crippen LogP contribution < -0.4 is 20.1 Å². The van der Waals surface area contributed by atoms with Crippen molar-refractivity contribution in [2.24, 2.45) is 0 Å². The number of nitrogens with one attached hydrogen (secondary N) is 2. The predicted molar refractivity (Wildman–Crippen MR) is 82.9 cm³/mol. The van der Waals surface area contributed by atoms with Crippen molar-refractivity contribution >= 4 is 5.69 Å². The van der Waals surface area contributed by atoms with E-state index in [4.69, 9.17) is 9.47 Å². The summed E-state index contributed by atoms with van der Waals surface area (Å²) in [6, 6.07) is 6.51. The lowest BCUT2D eigenvalue weighted by Gasteiger charge is -2.23. The fourth-order valence-electron chi connectivity index (χ4n) is 2.73. The SMILES string of the molecule is COc1ccc(OC)c(NCCNC2CCCCC2)c1. The van der Waals surface area contributed by atoms with Gasteiger partial charge in [0.05, 0.1) is 19.9 Å². The van der Waals surface area contributed by atoms with Crippen LogP contribution in [-0.2, 0) is 0 Å². The second-order valence-electron chi connectivity index (χ2n) is 5.28. The molecule has 4 nitrogen and oxygen atoms in total. The highest BCUT2D eigenvalue weighted by atomic mass is 16.5. The third-order valence-corrected chi connectivity index (χ3v) is 3.89. The Morgan fingerprint density at radius 3 is 2.55 bits per heavy atom. The summed E-state index contributed by atoms with van der Waals surface area (Å²) >= 11 is 0. The van der Waals surface area contributed by atoms with Gasteiger partial charge in [0.1, 0.15) is 11.5 Å². The van der Waals surface area contributed by atoms with Gasteiger partial charge < -0.3 is 20.1 Å². The maximum atomic E-state index is 5.35. The Kier molecular flexibility index (Phi) is 5.99. The van der Waals surface area contributed by atoms with Crippen molar-refractivity contribution in [1.29, 1.82) is 0 Å². The number of benzene rings is 1. The lowest BCUT2D eigenvalue weighted by Crippen LogP contribution is -2.34. The van der Waals surface area contributed by atoms with Crippen LogP contribution in [-0.4, -0.2) is 33.4 Å². The van der Waals surface area contributed by atoms with Crippen LogP contribution in [0.5, 0.6) is 11.5 Å². The van der Waals surface area contributed by atoms with Gasteiger partial charge in [-0.05, 0) is 25.0 Å². The molecule has 0 radical (unpaired) electrons. The number of hydrogen-bond donors (Lipinski definition) is 2. The van der Waals surface area contributed by atoms with Crippen molar-refractivity contribution in [1.82, 2.24) is 5.32 Å². The number of ether oxygens (including phenoxy) is 2. The zero-order valence-corrected chi connectivity index (χ0v) is 12.6. The van der Waals surface area contributed by atoms with Gasteiger partial charge in [-0.15, -0.1) is 0 Å². The van der Waals surface area contributed by atoms with Crippen LogP contribution in [0.4, 0.5) is 5.69 Å². The number of anilines is 1. The molecule has 112 valence electrons. The van der Waals surface area contributed by atoms with Gasteiger partial charge in [0.15, 0.2) is 0 Å². The van der Waals surface area contributed by atoms with Crippen LogP contribution >= 0.6 is 0 Å². The highest BCUT2D eigenvalue weighted by Crippen LogP contribution is 2.28. The zero-order chi connectivity index (χ0) is 14.2. The third-order valence-electron chi connectivity index (χ3n) is 3.89. The molecule has 2 rings (SSSR count). The summed E-state index contributed by atoms with van der Waals surface area (Å²) in [5, 5.41) is 7.03. The Balaban J connectivity index is 1.77. The van der Waals surface area contributed by atoms with Gasteiger partial charge in [0, 0.05) is 25.2 Å². The Labute approximate surface area is 121 Å². The fraction of sp³-hybridized carbons (Fsp3) is 0.625. The zero-order valence-electron chi connectivity index (χ0n) is 12.6. The summed E-state index contributed by atoms with van der Waals surface area (Å²) < 4.78 is 10.6. The second kappa shape index (κ2) is 8.00. The molecule has 0 unspecified atom stereocenters. The van der Waals surface area contributed by atoms with Gasteiger partial charge in [-0.25, -0.2) is 0 Å². The molecular formula is C16H26N2O2. The minimum Gasteiger partial charge on any atom is -0.497 e. The predicted octanol–water partition coefficient (Wildman–Crippen LogP) is 3.04. The van der Waals surface area contributed by atoms with Gasteiger partial charge >= 0.3 is 0 Å². The highest BCUT2D eigenvalue weighted by Gasteiger charge is 2.12. The molecule has 1 aliphatic rings. The normalized spacial score (nSPS) is 15.9. The van der Waals surface area contributed by atoms with Crippen molar-refractivity contribution in [3.05, 3.63) is 18.2 Å². The second-order valence-corrected chi connectivity index (χ2v) is 5.28. The number of rotatable bonds is 7. The van der Waals surface area contributed by atoms with E-state index in [2.05, 4.69) is 10.6 Å². The summed E-state index contributed by atoms with van der Waals surface area (Å²) in [6.45, 7) is 1.87. The largest absolute Gasteiger partial charge is 0.497 e. The maximum Gasteiger partial charge on any atom is 0.142 e. The van der Waals surface area contributed by atoms with Crippen molar-refractivity contribution in [3.63, 3.8) is 0 Å². The molecule has 20 heavy (non-hydrogen) atoms. The van der Waals surface area contributed by atoms with Gasteiger partial charge in [0.2, 0.25) is 0 Å². The molecule has 1 aromatic rings. The first-order valence-electron chi connectivity index (χ1n) is 7.53. The number of hydrogen-bond acceptors (Lipinski definition) is 4. The van der Waals surface area contributed by atoms with E-state index in [-0.39, 0.29) is 0 Å². The smallest absolute Gasteiger partial charge is 0.142 e. The monoisotopic (exact) mass is 278 g/mol. The molecule has 0 saturated heterocycles. The quantitative estimate of drug-likeness (QED) is 0.752. The molecule has 2 N–H and O–H groups in total. The average Bonchev–Trinajstić information content (AvgIpc) is 2.52. The van der Waals surface area contributed by atoms with Gasteiger partial charge in [0.25, 0.3) is 0 Å². The lowest BCUT2D eigenvalue weighted by molar-refractivity contribution is 0.378. The van der Waals surface area contributed by atoms with Crippen molar-refractivity contribution in [2.75, 3.05) is 32.6 Å². The fourth-order valence-corrected chi connectivity index (χ4v) is 2.73. The summed E-state index contributed by atoms with van der Waals surface area (Å²) in [4.78, 5) is 0. The van der Waals surface area contributed by atoms with E-state index in [1.807, 2.05) is 18.2 Å². The first-order valence-corrected chi connectivity index (χ1v) is 7.53. The molecular weight excluding hydrogens is 252 g/mol. The van der Waals surface area contributed by atoms with E-state index in [1.165, 1.54) is 32.1 Å². The molecule has 0 atom stereocenters. The molecule has 4 heteroatoms. The molecule has 0 spiro atoms. The van der Waals surface area contributed by atoms with E-state index in [1.54, 1.807) is 14.2 Å². The molecule has 1 aromatic carbocycles. The first kappa shape index (κ1) is 15.0. The molecule has 0 aliphatic heterocycles. The molecule has 1 saturated carbocycles. The molecule has 0 bridgehead atoms. The summed E-state index contributed by atoms with van der Waals surface area (Å²) in [5.41, 5.74) is 0.984. The minimum absolute atomic E-state index is 0.706. The van der Waals surface area contributed by atoms with E-state index in [0.29, 0.717) is 6.04 Å². The van der Waals surface area contributed by atoms with E-state index < -0.39 is 0 Å². The third kappa shape index (κ3) is 4.30. The van der Waals surface area contributed by atoms with Crippen molar-refractivity contribution in [3.8, 4) is 11.5 Å². The topological polar surface area (TPSA) is 42.5 Å². The van der Waals surface area contributed by atoms with Crippen LogP contribution in [0.3, 0.4) is 0 Å². The van der Waals surface area contributed by atoms with Gasteiger partial charge in [-0.3, -0.25) is 0 Å². The maximum absolute atomic E-state index is 5.35. The van der Waals surface area contributed by atoms with Gasteiger partial charge in [-0.1, -0.05) is 19.3 Å². The first-order chi connectivity index (χ1) is 9.83. The van der Waals surface area contributed by atoms with E-state index >= 15 is 0 Å². The van der Waals surface area contributed by atoms with E-state index in [9.17, 15) is 0 Å². The molecule has 0 aromatic heterocycles. The Bertz CT molecular complexity index is 403. The summed E-state index contributed by atoms with van der Waals surface area (Å²) in [6.07, 6.45) is 6.78. The highest BCUT2D eigenvalue weighted by molar-refractivity contribution is 5.59. The Morgan fingerprint density at radius 1 is 1.05 bits per heavy atom. The Morgan fingerprint density at radius 2 is 1.85 bits per heavy atom. The lowest BCUT2D eigenvalue weighted by atomic mass is 9.95. The molecule has 1 aliphatic carbocycles. The molecule has 1 fully saturated rings. The van der Waals surface area contributed by atoms with Crippen LogP contribution in [0.1, 0.15) is 32.1 Å². The van der Waals surface area contributed by atoms with Crippen molar-refractivity contribution in [2.45, 2.75) is 38.1 Å². The van der Waals surface area contributed by atoms with Crippen LogP contribution in [0, 0.1) is 0 Å². The van der Waals surface area contributed by atoms with Gasteiger partial charge in [-0.2, -0.15) is 0 Å². The van der Waals surface area contributed by atoms with Crippen LogP contribution in [0.15, 0.2) is 18.2 Å². The van der Waals surface area contributed by atoms with Crippen LogP contribution in [0.25, 0.3) is 0 Å². The average molecular weight is 278 g/mol. The van der Waals surface area contributed by atoms with E-state index in [0.717, 1.165) is 30.3 Å². The standard InChI is InChI=1S/C16H26N2O2/c1-19-14-8-9-16(20-2)15(12-14)18-11-10-17-13-6-4-3-5-7-13/h8-9,12-13,17-18H,3-7,10-11H2,1-2H3.